The number of carbonyl (C=O) groups is 1. The number of methoxy groups -OCH3 is 1. The Kier molecular flexibility index (Phi) is 6.54. The van der Waals surface area contributed by atoms with Gasteiger partial charge in [-0.15, -0.1) is 0 Å². The van der Waals surface area contributed by atoms with Crippen molar-refractivity contribution in [2.45, 2.75) is 49.2 Å². The average molecular weight is 644 g/mol. The van der Waals surface area contributed by atoms with Crippen molar-refractivity contribution in [2.75, 3.05) is 13.7 Å². The van der Waals surface area contributed by atoms with Gasteiger partial charge >= 0.3 is 0 Å². The zero-order chi connectivity index (χ0) is 32.1. The van der Waals surface area contributed by atoms with Crippen molar-refractivity contribution in [3.05, 3.63) is 59.9 Å². The van der Waals surface area contributed by atoms with E-state index < -0.39 is 20.7 Å². The molecule has 1 saturated heterocycles. The molecular formula is C33H34FN7O4S. The third kappa shape index (κ3) is 4.59. The van der Waals surface area contributed by atoms with Crippen LogP contribution in [0.4, 0.5) is 4.39 Å². The van der Waals surface area contributed by atoms with E-state index in [0.29, 0.717) is 57.9 Å². The Morgan fingerprint density at radius 3 is 2.52 bits per heavy atom. The lowest BCUT2D eigenvalue weighted by molar-refractivity contribution is 0.0700. The number of rotatable bonds is 7. The Hall–Kier alpha value is -4.33. The standard InChI is InChI=1S/C33H34FN7O4S/c1-39-30-24(12-21(14-27(30)45-2)33(42)41-16-20-6-9-25(41)29(20)35)38-32(39)26-13-19-5-8-23(37-31(19)40(26)15-17-3-4-17)18-7-10-28(22(34)11-18)46(36,43)44/h5,7-8,10-14,17,20,25,29H,3-4,6,9,15-16,35H2,1-2H3,(H2,36,43,44). The van der Waals surface area contributed by atoms with Crippen LogP contribution >= 0.6 is 0 Å². The van der Waals surface area contributed by atoms with Gasteiger partial charge in [-0.3, -0.25) is 4.79 Å². The molecule has 13 heteroatoms. The number of sulfonamides is 1. The maximum Gasteiger partial charge on any atom is 0.254 e. The number of amides is 1. The first kappa shape index (κ1) is 29.1. The van der Waals surface area contributed by atoms with Crippen LogP contribution in [0, 0.1) is 17.7 Å². The number of primary sulfonamides is 1. The minimum absolute atomic E-state index is 0.0269. The van der Waals surface area contributed by atoms with Crippen molar-refractivity contribution in [2.24, 2.45) is 29.8 Å². The molecule has 2 saturated carbocycles. The summed E-state index contributed by atoms with van der Waals surface area (Å²) in [6.45, 7) is 1.41. The highest BCUT2D eigenvalue weighted by Crippen LogP contribution is 2.40. The molecule has 5 aromatic rings. The first-order valence-corrected chi connectivity index (χ1v) is 17.0. The summed E-state index contributed by atoms with van der Waals surface area (Å²) >= 11 is 0. The highest BCUT2D eigenvalue weighted by Gasteiger charge is 2.47. The molecular weight excluding hydrogens is 609 g/mol. The molecule has 3 aromatic heterocycles. The number of halogens is 1. The maximum absolute atomic E-state index is 14.7. The van der Waals surface area contributed by atoms with Crippen molar-refractivity contribution in [3.63, 3.8) is 0 Å². The Labute approximate surface area is 265 Å². The third-order valence-corrected chi connectivity index (χ3v) is 10.9. The number of aryl methyl sites for hydroxylation is 1. The predicted molar refractivity (Wildman–Crippen MR) is 171 cm³/mol. The molecule has 4 heterocycles. The smallest absolute Gasteiger partial charge is 0.254 e. The maximum atomic E-state index is 14.7. The van der Waals surface area contributed by atoms with Crippen molar-refractivity contribution in [1.82, 2.24) is 24.0 Å². The Balaban J connectivity index is 1.23. The molecule has 0 spiro atoms. The zero-order valence-corrected chi connectivity index (χ0v) is 26.3. The second-order valence-electron chi connectivity index (χ2n) is 12.9. The quantitative estimate of drug-likeness (QED) is 0.272. The molecule has 2 bridgehead atoms. The third-order valence-electron chi connectivity index (χ3n) is 9.96. The molecule has 46 heavy (non-hydrogen) atoms. The highest BCUT2D eigenvalue weighted by molar-refractivity contribution is 7.89. The minimum atomic E-state index is -4.19. The fraction of sp³-hybridized carbons (Fsp3) is 0.364. The highest BCUT2D eigenvalue weighted by atomic mass is 32.2. The number of hydrogen-bond donors (Lipinski definition) is 2. The summed E-state index contributed by atoms with van der Waals surface area (Å²) in [5, 5.41) is 6.04. The van der Waals surface area contributed by atoms with E-state index >= 15 is 0 Å². The lowest BCUT2D eigenvalue weighted by atomic mass is 10.1. The number of ether oxygens (including phenoxy) is 1. The molecule has 3 aliphatic rings. The number of benzene rings is 2. The van der Waals surface area contributed by atoms with Crippen LogP contribution in [0.3, 0.4) is 0 Å². The van der Waals surface area contributed by atoms with Gasteiger partial charge in [0, 0.05) is 48.7 Å². The van der Waals surface area contributed by atoms with Crippen molar-refractivity contribution in [3.8, 4) is 28.5 Å². The molecule has 8 rings (SSSR count). The zero-order valence-electron chi connectivity index (χ0n) is 25.5. The van der Waals surface area contributed by atoms with E-state index in [1.807, 2.05) is 34.7 Å². The number of likely N-dealkylation sites (tertiary alicyclic amines) is 1. The fourth-order valence-electron chi connectivity index (χ4n) is 7.37. The van der Waals surface area contributed by atoms with Crippen LogP contribution in [0.1, 0.15) is 36.0 Å². The van der Waals surface area contributed by atoms with Crippen molar-refractivity contribution >= 4 is 38.0 Å². The number of hydrogen-bond acceptors (Lipinski definition) is 7. The van der Waals surface area contributed by atoms with E-state index in [9.17, 15) is 17.6 Å². The number of nitrogens with two attached hydrogens (primary N) is 2. The summed E-state index contributed by atoms with van der Waals surface area (Å²) in [6.07, 6.45) is 4.22. The van der Waals surface area contributed by atoms with Crippen LogP contribution in [-0.2, 0) is 23.6 Å². The summed E-state index contributed by atoms with van der Waals surface area (Å²) in [6, 6.07) is 13.3. The van der Waals surface area contributed by atoms with Crippen LogP contribution < -0.4 is 15.6 Å². The number of pyridine rings is 1. The molecule has 1 amide bonds. The average Bonchev–Trinajstić information content (AvgIpc) is 3.43. The first-order chi connectivity index (χ1) is 22.0. The number of carbonyl (C=O) groups excluding carboxylic acids is 1. The predicted octanol–water partition coefficient (Wildman–Crippen LogP) is 4.02. The van der Waals surface area contributed by atoms with Crippen molar-refractivity contribution < 1.29 is 22.3 Å². The number of piperidine rings is 1. The molecule has 11 nitrogen and oxygen atoms in total. The monoisotopic (exact) mass is 643 g/mol. The van der Waals surface area contributed by atoms with E-state index in [1.54, 1.807) is 19.2 Å². The van der Waals surface area contributed by atoms with Crippen molar-refractivity contribution in [1.29, 1.82) is 0 Å². The normalized spacial score (nSPS) is 21.2. The van der Waals surface area contributed by atoms with E-state index in [4.69, 9.17) is 25.6 Å². The molecule has 0 radical (unpaired) electrons. The van der Waals surface area contributed by atoms with Gasteiger partial charge < -0.3 is 24.5 Å². The van der Waals surface area contributed by atoms with Crippen LogP contribution in [0.2, 0.25) is 0 Å². The van der Waals surface area contributed by atoms with Crippen LogP contribution in [0.15, 0.2) is 53.4 Å². The van der Waals surface area contributed by atoms with Gasteiger partial charge in [-0.05, 0) is 80.0 Å². The molecule has 3 fully saturated rings. The Morgan fingerprint density at radius 1 is 1.07 bits per heavy atom. The lowest BCUT2D eigenvalue weighted by Crippen LogP contribution is -2.41. The second-order valence-corrected chi connectivity index (χ2v) is 14.4. The number of imidazole rings is 1. The van der Waals surface area contributed by atoms with E-state index in [2.05, 4.69) is 4.57 Å². The largest absolute Gasteiger partial charge is 0.494 e. The van der Waals surface area contributed by atoms with Gasteiger partial charge in [0.05, 0.1) is 24.0 Å². The Bertz CT molecular complexity index is 2190. The van der Waals surface area contributed by atoms with E-state index in [1.165, 1.54) is 6.07 Å². The summed E-state index contributed by atoms with van der Waals surface area (Å²) in [4.78, 5) is 25.0. The van der Waals surface area contributed by atoms with Gasteiger partial charge in [0.25, 0.3) is 5.91 Å². The molecule has 4 N–H and O–H groups in total. The summed E-state index contributed by atoms with van der Waals surface area (Å²) in [5.41, 5.74) is 10.9. The van der Waals surface area contributed by atoms with Gasteiger partial charge in [-0.25, -0.2) is 27.9 Å². The SMILES string of the molecule is COc1cc(C(=O)N2CC3CCC2C3N)cc2nc(-c3cc4ccc(-c5ccc(S(N)(=O)=O)c(F)c5)nc4n3CC3CC3)n(C)c12. The van der Waals surface area contributed by atoms with Crippen LogP contribution in [0.25, 0.3) is 44.8 Å². The summed E-state index contributed by atoms with van der Waals surface area (Å²) < 4.78 is 48.1. The summed E-state index contributed by atoms with van der Waals surface area (Å²) in [7, 11) is -0.662. The molecule has 3 atom stereocenters. The van der Waals surface area contributed by atoms with Gasteiger partial charge in [-0.1, -0.05) is 6.07 Å². The topological polar surface area (TPSA) is 151 Å². The molecule has 2 aliphatic carbocycles. The lowest BCUT2D eigenvalue weighted by Gasteiger charge is -2.27. The molecule has 1 aliphatic heterocycles. The minimum Gasteiger partial charge on any atom is -0.494 e. The van der Waals surface area contributed by atoms with Gasteiger partial charge in [0.2, 0.25) is 10.0 Å². The second kappa shape index (κ2) is 10.3. The van der Waals surface area contributed by atoms with Gasteiger partial charge in [0.1, 0.15) is 27.6 Å². The van der Waals surface area contributed by atoms with Crippen LogP contribution in [-0.4, -0.2) is 64.1 Å². The first-order valence-electron chi connectivity index (χ1n) is 15.5. The fourth-order valence-corrected chi connectivity index (χ4v) is 7.96. The van der Waals surface area contributed by atoms with Gasteiger partial charge in [0.15, 0.2) is 5.82 Å². The van der Waals surface area contributed by atoms with Gasteiger partial charge in [-0.2, -0.15) is 0 Å². The molecule has 238 valence electrons. The molecule has 3 unspecified atom stereocenters. The van der Waals surface area contributed by atoms with E-state index in [0.717, 1.165) is 61.0 Å². The number of nitrogens with zero attached hydrogens (tertiary/aromatic N) is 5. The Morgan fingerprint density at radius 2 is 1.87 bits per heavy atom. The van der Waals surface area contributed by atoms with Crippen LogP contribution in [0.5, 0.6) is 5.75 Å². The number of aromatic nitrogens is 4. The molecule has 2 aromatic carbocycles. The van der Waals surface area contributed by atoms with E-state index in [-0.39, 0.29) is 18.0 Å². The summed E-state index contributed by atoms with van der Waals surface area (Å²) in [5.74, 6) is 1.13. The number of fused-ring (bicyclic) bond motifs is 4.